The topological polar surface area (TPSA) is 61.8 Å². The normalized spacial score (nSPS) is 15.4. The molecule has 5 heteroatoms. The molecule has 1 aromatic carbocycles. The van der Waals surface area contributed by atoms with Gasteiger partial charge in [-0.3, -0.25) is 4.79 Å². The van der Waals surface area contributed by atoms with Gasteiger partial charge in [-0.2, -0.15) is 0 Å². The Balaban J connectivity index is 2.09. The molecule has 0 spiro atoms. The van der Waals surface area contributed by atoms with Crippen LogP contribution in [-0.2, 0) is 11.3 Å². The molecule has 0 bridgehead atoms. The first-order valence-electron chi connectivity index (χ1n) is 8.14. The summed E-state index contributed by atoms with van der Waals surface area (Å²) in [5.41, 5.74) is 2.20. The van der Waals surface area contributed by atoms with Crippen LogP contribution in [0.1, 0.15) is 38.2 Å². The molecule has 0 unspecified atom stereocenters. The van der Waals surface area contributed by atoms with Crippen molar-refractivity contribution < 1.29 is 14.6 Å². The fraction of sp³-hybridized carbons (Fsp3) is 0.588. The molecule has 1 aliphatic rings. The number of carbonyl (C=O) groups is 1. The molecule has 0 radical (unpaired) electrons. The molecule has 0 aromatic heterocycles. The van der Waals surface area contributed by atoms with E-state index >= 15 is 0 Å². The fourth-order valence-corrected chi connectivity index (χ4v) is 2.83. The van der Waals surface area contributed by atoms with Gasteiger partial charge < -0.3 is 20.1 Å². The second-order valence-electron chi connectivity index (χ2n) is 5.63. The third-order valence-corrected chi connectivity index (χ3v) is 3.88. The van der Waals surface area contributed by atoms with Crippen LogP contribution < -0.4 is 15.0 Å². The predicted molar refractivity (Wildman–Crippen MR) is 87.6 cm³/mol. The van der Waals surface area contributed by atoms with Crippen molar-refractivity contribution >= 4 is 11.7 Å². The van der Waals surface area contributed by atoms with Crippen LogP contribution in [-0.4, -0.2) is 37.3 Å². The van der Waals surface area contributed by atoms with Crippen LogP contribution in [0.5, 0.6) is 5.75 Å². The van der Waals surface area contributed by atoms with E-state index in [1.807, 2.05) is 13.0 Å². The quantitative estimate of drug-likeness (QED) is 0.811. The van der Waals surface area contributed by atoms with Crippen LogP contribution in [0.15, 0.2) is 18.2 Å². The van der Waals surface area contributed by atoms with E-state index in [0.717, 1.165) is 30.1 Å². The van der Waals surface area contributed by atoms with E-state index in [-0.39, 0.29) is 6.54 Å². The van der Waals surface area contributed by atoms with Gasteiger partial charge in [0.25, 0.3) is 0 Å². The zero-order valence-corrected chi connectivity index (χ0v) is 13.3. The number of hydrogen-bond acceptors (Lipinski definition) is 4. The molecule has 22 heavy (non-hydrogen) atoms. The Bertz CT molecular complexity index is 483. The number of carboxylic acid groups (broad SMARTS) is 1. The van der Waals surface area contributed by atoms with E-state index in [2.05, 4.69) is 22.3 Å². The third-order valence-electron chi connectivity index (χ3n) is 3.88. The number of nitrogens with zero attached hydrogens (tertiary/aromatic N) is 1. The molecule has 1 aromatic rings. The molecule has 122 valence electrons. The SMILES string of the molecule is CCOc1cc(CNCC(=O)O)ccc1N1CCCCCC1. The van der Waals surface area contributed by atoms with Gasteiger partial charge in [0, 0.05) is 19.6 Å². The summed E-state index contributed by atoms with van der Waals surface area (Å²) in [4.78, 5) is 13.0. The Kier molecular flexibility index (Phi) is 6.52. The van der Waals surface area contributed by atoms with Gasteiger partial charge in [0.2, 0.25) is 0 Å². The average molecular weight is 306 g/mol. The lowest BCUT2D eigenvalue weighted by molar-refractivity contribution is -0.135. The molecule has 2 rings (SSSR count). The lowest BCUT2D eigenvalue weighted by Crippen LogP contribution is -2.25. The van der Waals surface area contributed by atoms with Crippen LogP contribution in [0.2, 0.25) is 0 Å². The van der Waals surface area contributed by atoms with Crippen molar-refractivity contribution in [3.63, 3.8) is 0 Å². The highest BCUT2D eigenvalue weighted by Gasteiger charge is 2.15. The van der Waals surface area contributed by atoms with Crippen molar-refractivity contribution in [3.05, 3.63) is 23.8 Å². The highest BCUT2D eigenvalue weighted by molar-refractivity contribution is 5.69. The Morgan fingerprint density at radius 2 is 2.00 bits per heavy atom. The minimum Gasteiger partial charge on any atom is -0.492 e. The minimum atomic E-state index is -0.841. The lowest BCUT2D eigenvalue weighted by atomic mass is 10.1. The number of carboxylic acids is 1. The zero-order chi connectivity index (χ0) is 15.8. The Morgan fingerprint density at radius 1 is 1.27 bits per heavy atom. The summed E-state index contributed by atoms with van der Waals surface area (Å²) < 4.78 is 5.81. The van der Waals surface area contributed by atoms with Gasteiger partial charge in [0.05, 0.1) is 18.8 Å². The first-order chi connectivity index (χ1) is 10.7. The Labute approximate surface area is 132 Å². The summed E-state index contributed by atoms with van der Waals surface area (Å²) in [7, 11) is 0. The van der Waals surface area contributed by atoms with Crippen molar-refractivity contribution in [2.24, 2.45) is 0 Å². The molecular formula is C17H26N2O3. The van der Waals surface area contributed by atoms with Crippen molar-refractivity contribution in [1.82, 2.24) is 5.32 Å². The summed E-state index contributed by atoms with van der Waals surface area (Å²) >= 11 is 0. The summed E-state index contributed by atoms with van der Waals surface area (Å²) in [6.07, 6.45) is 5.07. The van der Waals surface area contributed by atoms with Crippen LogP contribution in [0.4, 0.5) is 5.69 Å². The second kappa shape index (κ2) is 8.63. The van der Waals surface area contributed by atoms with Gasteiger partial charge in [0.15, 0.2) is 0 Å². The lowest BCUT2D eigenvalue weighted by Gasteiger charge is -2.25. The number of hydrogen-bond donors (Lipinski definition) is 2. The van der Waals surface area contributed by atoms with E-state index in [1.165, 1.54) is 25.7 Å². The van der Waals surface area contributed by atoms with Crippen LogP contribution in [0.25, 0.3) is 0 Å². The van der Waals surface area contributed by atoms with Gasteiger partial charge in [-0.05, 0) is 37.5 Å². The zero-order valence-electron chi connectivity index (χ0n) is 13.3. The molecule has 0 atom stereocenters. The van der Waals surface area contributed by atoms with Crippen molar-refractivity contribution in [2.45, 2.75) is 39.2 Å². The smallest absolute Gasteiger partial charge is 0.317 e. The fourth-order valence-electron chi connectivity index (χ4n) is 2.83. The average Bonchev–Trinajstić information content (AvgIpc) is 2.76. The maximum absolute atomic E-state index is 10.6. The van der Waals surface area contributed by atoms with Gasteiger partial charge in [-0.1, -0.05) is 18.9 Å². The van der Waals surface area contributed by atoms with Crippen molar-refractivity contribution in [1.29, 1.82) is 0 Å². The molecule has 1 saturated heterocycles. The van der Waals surface area contributed by atoms with Crippen LogP contribution >= 0.6 is 0 Å². The number of benzene rings is 1. The molecule has 0 aliphatic carbocycles. The summed E-state index contributed by atoms with van der Waals surface area (Å²) in [5.74, 6) is 0.0604. The summed E-state index contributed by atoms with van der Waals surface area (Å²) in [6.45, 7) is 5.28. The molecule has 1 heterocycles. The molecule has 1 aliphatic heterocycles. The van der Waals surface area contributed by atoms with Gasteiger partial charge in [-0.25, -0.2) is 0 Å². The number of rotatable bonds is 7. The maximum Gasteiger partial charge on any atom is 0.317 e. The minimum absolute atomic E-state index is 0.0299. The first-order valence-corrected chi connectivity index (χ1v) is 8.14. The summed E-state index contributed by atoms with van der Waals surface area (Å²) in [5, 5.41) is 11.6. The molecule has 1 fully saturated rings. The van der Waals surface area contributed by atoms with E-state index in [1.54, 1.807) is 0 Å². The third kappa shape index (κ3) is 4.91. The molecule has 0 amide bonds. The van der Waals surface area contributed by atoms with Gasteiger partial charge in [0.1, 0.15) is 5.75 Å². The molecule has 2 N–H and O–H groups in total. The first kappa shape index (κ1) is 16.6. The van der Waals surface area contributed by atoms with Crippen LogP contribution in [0, 0.1) is 0 Å². The molecule has 0 saturated carbocycles. The monoisotopic (exact) mass is 306 g/mol. The second-order valence-corrected chi connectivity index (χ2v) is 5.63. The van der Waals surface area contributed by atoms with E-state index in [0.29, 0.717) is 13.2 Å². The van der Waals surface area contributed by atoms with Gasteiger partial charge >= 0.3 is 5.97 Å². The Hall–Kier alpha value is -1.75. The van der Waals surface area contributed by atoms with Crippen molar-refractivity contribution in [3.8, 4) is 5.75 Å². The highest BCUT2D eigenvalue weighted by Crippen LogP contribution is 2.31. The standard InChI is InChI=1S/C17H26N2O3/c1-2-22-16-11-14(12-18-13-17(20)21)7-8-15(16)19-9-5-3-4-6-10-19/h7-8,11,18H,2-6,9-10,12-13H2,1H3,(H,20,21). The van der Waals surface area contributed by atoms with Gasteiger partial charge in [-0.15, -0.1) is 0 Å². The largest absolute Gasteiger partial charge is 0.492 e. The van der Waals surface area contributed by atoms with Crippen LogP contribution in [0.3, 0.4) is 0 Å². The summed E-state index contributed by atoms with van der Waals surface area (Å²) in [6, 6.07) is 6.18. The van der Waals surface area contributed by atoms with E-state index < -0.39 is 5.97 Å². The van der Waals surface area contributed by atoms with E-state index in [9.17, 15) is 4.79 Å². The maximum atomic E-state index is 10.6. The Morgan fingerprint density at radius 3 is 2.64 bits per heavy atom. The van der Waals surface area contributed by atoms with E-state index in [4.69, 9.17) is 9.84 Å². The number of nitrogens with one attached hydrogen (secondary N) is 1. The predicted octanol–water partition coefficient (Wildman–Crippen LogP) is 2.64. The number of aliphatic carboxylic acids is 1. The highest BCUT2D eigenvalue weighted by atomic mass is 16.5. The van der Waals surface area contributed by atoms with Crippen molar-refractivity contribution in [2.75, 3.05) is 31.1 Å². The molecule has 5 nitrogen and oxygen atoms in total. The molecular weight excluding hydrogens is 280 g/mol. The number of anilines is 1. The number of ether oxygens (including phenoxy) is 1.